The van der Waals surface area contributed by atoms with Crippen LogP contribution in [0.2, 0.25) is 5.02 Å². The normalized spacial score (nSPS) is 12.2. The lowest BCUT2D eigenvalue weighted by molar-refractivity contribution is -0.130. The number of nitrogens with one attached hydrogen (secondary N) is 1. The average Bonchev–Trinajstić information content (AvgIpc) is 2.29. The summed E-state index contributed by atoms with van der Waals surface area (Å²) in [4.78, 5) is 11.4. The number of ether oxygens (including phenoxy) is 1. The number of methoxy groups -OCH3 is 1. The zero-order chi connectivity index (χ0) is 12.1. The molecule has 88 valence electrons. The van der Waals surface area contributed by atoms with E-state index in [1.807, 2.05) is 25.1 Å². The number of halogens is 1. The van der Waals surface area contributed by atoms with Crippen LogP contribution in [0.1, 0.15) is 18.1 Å². The molecule has 0 aliphatic rings. The number of benzene rings is 1. The number of carbonyl (C=O) groups excluding carboxylic acids is 1. The van der Waals surface area contributed by atoms with Crippen molar-refractivity contribution in [2.24, 2.45) is 0 Å². The predicted octanol–water partition coefficient (Wildman–Crippen LogP) is 2.30. The van der Waals surface area contributed by atoms with Gasteiger partial charge in [-0.3, -0.25) is 4.79 Å². The molecule has 3 nitrogen and oxygen atoms in total. The topological polar surface area (TPSA) is 38.3 Å². The van der Waals surface area contributed by atoms with Crippen molar-refractivity contribution in [2.45, 2.75) is 26.5 Å². The van der Waals surface area contributed by atoms with Gasteiger partial charge in [0.15, 0.2) is 0 Å². The monoisotopic (exact) mass is 241 g/mol. The predicted molar refractivity (Wildman–Crippen MR) is 64.5 cm³/mol. The molecule has 0 saturated heterocycles. The van der Waals surface area contributed by atoms with E-state index in [4.69, 9.17) is 16.3 Å². The number of hydrogen-bond donors (Lipinski definition) is 1. The molecule has 0 aromatic heterocycles. The number of carbonyl (C=O) groups is 1. The lowest BCUT2D eigenvalue weighted by Gasteiger charge is -2.10. The summed E-state index contributed by atoms with van der Waals surface area (Å²) < 4.78 is 4.91. The highest BCUT2D eigenvalue weighted by Crippen LogP contribution is 2.16. The highest BCUT2D eigenvalue weighted by atomic mass is 35.5. The fourth-order valence-corrected chi connectivity index (χ4v) is 1.37. The SMILES string of the molecule is CO[C@@H](C)C(=O)NCc1ccc(Cl)c(C)c1. The molecule has 0 fully saturated rings. The third-order valence-corrected chi connectivity index (χ3v) is 2.84. The van der Waals surface area contributed by atoms with Crippen molar-refractivity contribution >= 4 is 17.5 Å². The minimum Gasteiger partial charge on any atom is -0.372 e. The molecule has 0 radical (unpaired) electrons. The summed E-state index contributed by atoms with van der Waals surface area (Å²) in [6.07, 6.45) is -0.423. The Balaban J connectivity index is 2.55. The molecule has 0 unspecified atom stereocenters. The second-order valence-electron chi connectivity index (χ2n) is 3.68. The Kier molecular flexibility index (Phi) is 4.77. The number of aryl methyl sites for hydroxylation is 1. The Bertz CT molecular complexity index is 379. The maximum atomic E-state index is 11.4. The molecule has 1 rings (SSSR count). The van der Waals surface area contributed by atoms with Crippen LogP contribution >= 0.6 is 11.6 Å². The Labute approximate surface area is 101 Å². The Morgan fingerprint density at radius 1 is 1.56 bits per heavy atom. The van der Waals surface area contributed by atoms with Crippen molar-refractivity contribution in [1.29, 1.82) is 0 Å². The van der Waals surface area contributed by atoms with Gasteiger partial charge in [-0.1, -0.05) is 23.7 Å². The molecular formula is C12H16ClNO2. The molecule has 0 spiro atoms. The summed E-state index contributed by atoms with van der Waals surface area (Å²) in [6, 6.07) is 5.69. The van der Waals surface area contributed by atoms with Gasteiger partial charge in [-0.15, -0.1) is 0 Å². The van der Waals surface area contributed by atoms with Crippen LogP contribution in [-0.2, 0) is 16.1 Å². The smallest absolute Gasteiger partial charge is 0.249 e. The Hall–Kier alpha value is -1.06. The second kappa shape index (κ2) is 5.87. The molecule has 16 heavy (non-hydrogen) atoms. The van der Waals surface area contributed by atoms with Crippen LogP contribution in [-0.4, -0.2) is 19.1 Å². The van der Waals surface area contributed by atoms with E-state index < -0.39 is 6.10 Å². The first kappa shape index (κ1) is 13.0. The van der Waals surface area contributed by atoms with Gasteiger partial charge in [0.25, 0.3) is 0 Å². The van der Waals surface area contributed by atoms with Gasteiger partial charge in [0.1, 0.15) is 6.10 Å². The van der Waals surface area contributed by atoms with Gasteiger partial charge in [-0.25, -0.2) is 0 Å². The first-order valence-electron chi connectivity index (χ1n) is 5.10. The first-order valence-corrected chi connectivity index (χ1v) is 5.48. The van der Waals surface area contributed by atoms with Crippen LogP contribution < -0.4 is 5.32 Å². The molecule has 1 aromatic carbocycles. The van der Waals surface area contributed by atoms with Crippen molar-refractivity contribution in [1.82, 2.24) is 5.32 Å². The lowest BCUT2D eigenvalue weighted by atomic mass is 10.1. The number of hydrogen-bond acceptors (Lipinski definition) is 2. The van der Waals surface area contributed by atoms with E-state index in [1.165, 1.54) is 7.11 Å². The summed E-state index contributed by atoms with van der Waals surface area (Å²) in [5, 5.41) is 3.53. The van der Waals surface area contributed by atoms with Crippen LogP contribution in [0.5, 0.6) is 0 Å². The molecule has 0 aliphatic heterocycles. The van der Waals surface area contributed by atoms with Crippen LogP contribution in [0.15, 0.2) is 18.2 Å². The van der Waals surface area contributed by atoms with Crippen LogP contribution in [0.25, 0.3) is 0 Å². The van der Waals surface area contributed by atoms with E-state index in [0.29, 0.717) is 6.54 Å². The van der Waals surface area contributed by atoms with Crippen molar-refractivity contribution in [2.75, 3.05) is 7.11 Å². The van der Waals surface area contributed by atoms with E-state index >= 15 is 0 Å². The molecule has 1 atom stereocenters. The molecular weight excluding hydrogens is 226 g/mol. The highest BCUT2D eigenvalue weighted by molar-refractivity contribution is 6.31. The van der Waals surface area contributed by atoms with E-state index in [0.717, 1.165) is 16.1 Å². The maximum absolute atomic E-state index is 11.4. The molecule has 0 saturated carbocycles. The van der Waals surface area contributed by atoms with E-state index in [9.17, 15) is 4.79 Å². The van der Waals surface area contributed by atoms with Crippen molar-refractivity contribution in [3.05, 3.63) is 34.3 Å². The third kappa shape index (κ3) is 3.51. The molecule has 1 aromatic rings. The zero-order valence-electron chi connectivity index (χ0n) is 9.71. The van der Waals surface area contributed by atoms with E-state index in [1.54, 1.807) is 6.92 Å². The largest absolute Gasteiger partial charge is 0.372 e. The summed E-state index contributed by atoms with van der Waals surface area (Å²) in [5.41, 5.74) is 2.03. The van der Waals surface area contributed by atoms with Crippen molar-refractivity contribution < 1.29 is 9.53 Å². The van der Waals surface area contributed by atoms with Crippen molar-refractivity contribution in [3.63, 3.8) is 0 Å². The highest BCUT2D eigenvalue weighted by Gasteiger charge is 2.10. The molecule has 0 bridgehead atoms. The number of amides is 1. The summed E-state index contributed by atoms with van der Waals surface area (Å²) >= 11 is 5.91. The average molecular weight is 242 g/mol. The van der Waals surface area contributed by atoms with Gasteiger partial charge in [-0.05, 0) is 31.0 Å². The molecule has 1 amide bonds. The Morgan fingerprint density at radius 3 is 2.81 bits per heavy atom. The molecule has 4 heteroatoms. The van der Waals surface area contributed by atoms with Gasteiger partial charge in [-0.2, -0.15) is 0 Å². The quantitative estimate of drug-likeness (QED) is 0.879. The van der Waals surface area contributed by atoms with E-state index in [2.05, 4.69) is 5.32 Å². The first-order chi connectivity index (χ1) is 7.54. The summed E-state index contributed by atoms with van der Waals surface area (Å²) in [6.45, 7) is 4.14. The second-order valence-corrected chi connectivity index (χ2v) is 4.09. The van der Waals surface area contributed by atoms with Crippen LogP contribution in [0, 0.1) is 6.92 Å². The van der Waals surface area contributed by atoms with Gasteiger partial charge in [0.05, 0.1) is 0 Å². The minimum atomic E-state index is -0.423. The fourth-order valence-electron chi connectivity index (χ4n) is 1.26. The maximum Gasteiger partial charge on any atom is 0.249 e. The van der Waals surface area contributed by atoms with Gasteiger partial charge < -0.3 is 10.1 Å². The molecule has 1 N–H and O–H groups in total. The van der Waals surface area contributed by atoms with Crippen LogP contribution in [0.4, 0.5) is 0 Å². The van der Waals surface area contributed by atoms with E-state index in [-0.39, 0.29) is 5.91 Å². The minimum absolute atomic E-state index is 0.116. The molecule has 0 heterocycles. The van der Waals surface area contributed by atoms with Crippen molar-refractivity contribution in [3.8, 4) is 0 Å². The van der Waals surface area contributed by atoms with Crippen LogP contribution in [0.3, 0.4) is 0 Å². The lowest BCUT2D eigenvalue weighted by Crippen LogP contribution is -2.33. The fraction of sp³-hybridized carbons (Fsp3) is 0.417. The zero-order valence-corrected chi connectivity index (χ0v) is 10.5. The van der Waals surface area contributed by atoms with Gasteiger partial charge in [0, 0.05) is 18.7 Å². The van der Waals surface area contributed by atoms with Gasteiger partial charge >= 0.3 is 0 Å². The summed E-state index contributed by atoms with van der Waals surface area (Å²) in [5.74, 6) is -0.116. The number of rotatable bonds is 4. The third-order valence-electron chi connectivity index (χ3n) is 2.41. The molecule has 0 aliphatic carbocycles. The Morgan fingerprint density at radius 2 is 2.25 bits per heavy atom. The standard InChI is InChI=1S/C12H16ClNO2/c1-8-6-10(4-5-11(8)13)7-14-12(15)9(2)16-3/h4-6,9H,7H2,1-3H3,(H,14,15)/t9-/m0/s1. The summed E-state index contributed by atoms with van der Waals surface area (Å²) in [7, 11) is 1.51. The van der Waals surface area contributed by atoms with Gasteiger partial charge in [0.2, 0.25) is 5.91 Å².